The van der Waals surface area contributed by atoms with E-state index in [0.29, 0.717) is 48.7 Å². The van der Waals surface area contributed by atoms with Crippen molar-refractivity contribution in [1.82, 2.24) is 4.90 Å². The molecule has 1 fully saturated rings. The Hall–Kier alpha value is -5.00. The molecule has 1 atom stereocenters. The van der Waals surface area contributed by atoms with Crippen molar-refractivity contribution in [2.24, 2.45) is 0 Å². The van der Waals surface area contributed by atoms with Crippen LogP contribution in [0.3, 0.4) is 0 Å². The number of ether oxygens (including phenoxy) is 5. The summed E-state index contributed by atoms with van der Waals surface area (Å²) in [7, 11) is 3.30. The SMILES string of the molecule is COc1cc(OCCCOC(=O)[C@@H]2CCCN2C(=O)OC(C)(C)C)ccc1-c1ccc2c(c1COc1cc(F)ccc1C)N(C)C(=O)C(C)(C)N2. The van der Waals surface area contributed by atoms with Gasteiger partial charge >= 0.3 is 12.1 Å². The number of nitrogens with zero attached hydrogens (tertiary/aromatic N) is 2. The molecule has 51 heavy (non-hydrogen) atoms. The molecule has 12 heteroatoms. The first kappa shape index (κ1) is 37.3. The predicted octanol–water partition coefficient (Wildman–Crippen LogP) is 7.27. The second kappa shape index (κ2) is 15.1. The Bertz CT molecular complexity index is 1790. The zero-order chi connectivity index (χ0) is 37.1. The van der Waals surface area contributed by atoms with E-state index in [0.717, 1.165) is 27.9 Å². The van der Waals surface area contributed by atoms with Crippen molar-refractivity contribution < 1.29 is 42.5 Å². The number of carbonyl (C=O) groups excluding carboxylic acids is 3. The molecule has 0 unspecified atom stereocenters. The first-order valence-electron chi connectivity index (χ1n) is 17.2. The highest BCUT2D eigenvalue weighted by Gasteiger charge is 2.39. The predicted molar refractivity (Wildman–Crippen MR) is 192 cm³/mol. The zero-order valence-corrected chi connectivity index (χ0v) is 30.7. The van der Waals surface area contributed by atoms with Gasteiger partial charge in [-0.25, -0.2) is 14.0 Å². The van der Waals surface area contributed by atoms with E-state index in [1.807, 2.05) is 45.0 Å². The topological polar surface area (TPSA) is 116 Å². The second-order valence-corrected chi connectivity index (χ2v) is 14.4. The molecule has 1 N–H and O–H groups in total. The van der Waals surface area contributed by atoms with Gasteiger partial charge in [-0.1, -0.05) is 12.1 Å². The van der Waals surface area contributed by atoms with Crippen molar-refractivity contribution in [1.29, 1.82) is 0 Å². The van der Waals surface area contributed by atoms with E-state index < -0.39 is 35.1 Å². The van der Waals surface area contributed by atoms with Gasteiger partial charge in [0.25, 0.3) is 5.91 Å². The van der Waals surface area contributed by atoms with E-state index in [9.17, 15) is 18.8 Å². The number of benzene rings is 3. The van der Waals surface area contributed by atoms with Crippen LogP contribution in [-0.4, -0.2) is 74.0 Å². The summed E-state index contributed by atoms with van der Waals surface area (Å²) in [4.78, 5) is 41.8. The number of rotatable bonds is 11. The van der Waals surface area contributed by atoms with E-state index in [4.69, 9.17) is 23.7 Å². The molecule has 11 nitrogen and oxygen atoms in total. The number of fused-ring (bicyclic) bond motifs is 1. The second-order valence-electron chi connectivity index (χ2n) is 14.4. The standard InChI is InChI=1S/C39H48FN3O8/c1-24-12-13-25(40)21-32(24)50-23-29-27(16-17-30-34(29)42(7)36(45)39(5,6)41-30)28-15-14-26(22-33(28)47-8)48-19-10-20-49-35(44)31-11-9-18-43(31)37(46)51-38(2,3)4/h12-17,21-22,31,41H,9-11,18-20,23H2,1-8H3/t31-/m0/s1. The minimum atomic E-state index is -0.813. The third-order valence-corrected chi connectivity index (χ3v) is 8.84. The number of likely N-dealkylation sites (tertiary alicyclic amines) is 1. The van der Waals surface area contributed by atoms with Gasteiger partial charge in [0.15, 0.2) is 0 Å². The van der Waals surface area contributed by atoms with Crippen LogP contribution in [-0.2, 0) is 25.7 Å². The highest BCUT2D eigenvalue weighted by atomic mass is 19.1. The van der Waals surface area contributed by atoms with E-state index in [1.165, 1.54) is 17.0 Å². The number of esters is 1. The number of amides is 2. The molecular weight excluding hydrogens is 657 g/mol. The average molecular weight is 706 g/mol. The minimum Gasteiger partial charge on any atom is -0.496 e. The van der Waals surface area contributed by atoms with Gasteiger partial charge in [-0.05, 0) is 89.8 Å². The number of aryl methyl sites for hydroxylation is 1. The van der Waals surface area contributed by atoms with Crippen LogP contribution in [0.1, 0.15) is 65.0 Å². The number of methoxy groups -OCH3 is 1. The Morgan fingerprint density at radius 3 is 2.47 bits per heavy atom. The highest BCUT2D eigenvalue weighted by Crippen LogP contribution is 2.45. The van der Waals surface area contributed by atoms with Crippen LogP contribution in [0.4, 0.5) is 20.6 Å². The Morgan fingerprint density at radius 1 is 1.00 bits per heavy atom. The summed E-state index contributed by atoms with van der Waals surface area (Å²) in [6.07, 6.45) is 1.16. The summed E-state index contributed by atoms with van der Waals surface area (Å²) in [5.74, 6) is 0.518. The van der Waals surface area contributed by atoms with E-state index >= 15 is 0 Å². The van der Waals surface area contributed by atoms with Crippen molar-refractivity contribution in [3.63, 3.8) is 0 Å². The summed E-state index contributed by atoms with van der Waals surface area (Å²) in [6.45, 7) is 11.8. The zero-order valence-electron chi connectivity index (χ0n) is 30.7. The molecular formula is C39H48FN3O8. The fraction of sp³-hybridized carbons (Fsp3) is 0.462. The molecule has 0 radical (unpaired) electrons. The maximum atomic E-state index is 14.1. The fourth-order valence-electron chi connectivity index (χ4n) is 6.36. The number of anilines is 2. The summed E-state index contributed by atoms with van der Waals surface area (Å²) < 4.78 is 43.1. The minimum absolute atomic E-state index is 0.0546. The van der Waals surface area contributed by atoms with Crippen molar-refractivity contribution in [3.05, 3.63) is 65.5 Å². The number of likely N-dealkylation sites (N-methyl/N-ethyl adjacent to an activating group) is 1. The number of hydrogen-bond acceptors (Lipinski definition) is 9. The molecule has 2 heterocycles. The maximum Gasteiger partial charge on any atom is 0.411 e. The van der Waals surface area contributed by atoms with Crippen LogP contribution >= 0.6 is 0 Å². The van der Waals surface area contributed by atoms with E-state index in [1.54, 1.807) is 52.0 Å². The quantitative estimate of drug-likeness (QED) is 0.163. The Labute approximate surface area is 298 Å². The summed E-state index contributed by atoms with van der Waals surface area (Å²) in [5, 5.41) is 3.35. The molecule has 1 saturated heterocycles. The molecule has 3 aromatic carbocycles. The Morgan fingerprint density at radius 2 is 1.75 bits per heavy atom. The van der Waals surface area contributed by atoms with Crippen LogP contribution in [0.2, 0.25) is 0 Å². The van der Waals surface area contributed by atoms with Gasteiger partial charge in [-0.15, -0.1) is 0 Å². The molecule has 2 amide bonds. The van der Waals surface area contributed by atoms with Crippen LogP contribution in [0.5, 0.6) is 17.2 Å². The molecule has 0 aliphatic carbocycles. The summed E-state index contributed by atoms with van der Waals surface area (Å²) >= 11 is 0. The van der Waals surface area contributed by atoms with Crippen molar-refractivity contribution in [3.8, 4) is 28.4 Å². The molecule has 0 aromatic heterocycles. The van der Waals surface area contributed by atoms with Gasteiger partial charge in [0.05, 0.1) is 31.7 Å². The van der Waals surface area contributed by atoms with Crippen molar-refractivity contribution in [2.75, 3.05) is 44.1 Å². The van der Waals surface area contributed by atoms with Gasteiger partial charge in [-0.3, -0.25) is 9.69 Å². The van der Waals surface area contributed by atoms with Gasteiger partial charge in [0, 0.05) is 43.3 Å². The third kappa shape index (κ3) is 8.49. The molecule has 3 aromatic rings. The van der Waals surface area contributed by atoms with Crippen molar-refractivity contribution in [2.45, 2.75) is 84.6 Å². The Kier molecular flexibility index (Phi) is 11.0. The molecule has 0 saturated carbocycles. The third-order valence-electron chi connectivity index (χ3n) is 8.84. The highest BCUT2D eigenvalue weighted by molar-refractivity contribution is 6.08. The van der Waals surface area contributed by atoms with Crippen molar-refractivity contribution >= 4 is 29.3 Å². The molecule has 2 aliphatic heterocycles. The molecule has 0 spiro atoms. The smallest absolute Gasteiger partial charge is 0.411 e. The average Bonchev–Trinajstić information content (AvgIpc) is 3.57. The first-order valence-corrected chi connectivity index (χ1v) is 17.2. The van der Waals surface area contributed by atoms with Gasteiger partial charge in [0.1, 0.15) is 46.9 Å². The van der Waals surface area contributed by atoms with Crippen LogP contribution in [0.15, 0.2) is 48.5 Å². The monoisotopic (exact) mass is 705 g/mol. The van der Waals surface area contributed by atoms with E-state index in [2.05, 4.69) is 5.32 Å². The van der Waals surface area contributed by atoms with Crippen LogP contribution in [0, 0.1) is 12.7 Å². The van der Waals surface area contributed by atoms with Gasteiger partial charge in [-0.2, -0.15) is 0 Å². The lowest BCUT2D eigenvalue weighted by molar-refractivity contribution is -0.149. The fourth-order valence-corrected chi connectivity index (χ4v) is 6.36. The summed E-state index contributed by atoms with van der Waals surface area (Å²) in [5.41, 5.74) is 2.98. The molecule has 0 bridgehead atoms. The first-order chi connectivity index (χ1) is 24.1. The number of halogens is 1. The molecule has 5 rings (SSSR count). The van der Waals surface area contributed by atoms with E-state index in [-0.39, 0.29) is 25.7 Å². The maximum absolute atomic E-state index is 14.1. The Balaban J connectivity index is 1.29. The normalized spacial score (nSPS) is 16.6. The number of hydrogen-bond donors (Lipinski definition) is 1. The lowest BCUT2D eigenvalue weighted by Gasteiger charge is -2.39. The summed E-state index contributed by atoms with van der Waals surface area (Å²) in [6, 6.07) is 13.1. The number of nitrogens with one attached hydrogen (secondary N) is 1. The van der Waals surface area contributed by atoms with Gasteiger partial charge < -0.3 is 33.9 Å². The van der Waals surface area contributed by atoms with Crippen LogP contribution in [0.25, 0.3) is 11.1 Å². The molecule has 274 valence electrons. The van der Waals surface area contributed by atoms with Crippen LogP contribution < -0.4 is 24.4 Å². The largest absolute Gasteiger partial charge is 0.496 e. The lowest BCUT2D eigenvalue weighted by Crippen LogP contribution is -2.52. The molecule has 2 aliphatic rings. The number of carbonyl (C=O) groups is 3. The lowest BCUT2D eigenvalue weighted by atomic mass is 9.91. The van der Waals surface area contributed by atoms with Gasteiger partial charge in [0.2, 0.25) is 0 Å².